The Bertz CT molecular complexity index is 688. The number of rotatable bonds is 8. The second kappa shape index (κ2) is 12.2. The summed E-state index contributed by atoms with van der Waals surface area (Å²) in [4.78, 5) is 23.4. The highest BCUT2D eigenvalue weighted by molar-refractivity contribution is 9.10. The van der Waals surface area contributed by atoms with Crippen molar-refractivity contribution in [3.8, 4) is 5.75 Å². The summed E-state index contributed by atoms with van der Waals surface area (Å²) < 4.78 is 7.05. The van der Waals surface area contributed by atoms with Gasteiger partial charge in [-0.15, -0.1) is 11.3 Å². The van der Waals surface area contributed by atoms with Crippen molar-refractivity contribution >= 4 is 39.2 Å². The molecule has 2 rings (SSSR count). The predicted octanol–water partition coefficient (Wildman–Crippen LogP) is 3.35. The van der Waals surface area contributed by atoms with Crippen molar-refractivity contribution in [1.82, 2.24) is 10.3 Å². The van der Waals surface area contributed by atoms with E-state index >= 15 is 0 Å². The number of aliphatic carboxylic acids is 2. The average molecular weight is 443 g/mol. The highest BCUT2D eigenvalue weighted by Crippen LogP contribution is 2.25. The van der Waals surface area contributed by atoms with E-state index in [2.05, 4.69) is 26.2 Å². The van der Waals surface area contributed by atoms with Gasteiger partial charge in [0.05, 0.1) is 11.2 Å². The molecule has 1 aromatic carbocycles. The number of carboxylic acid groups (broad SMARTS) is 2. The SMILES string of the molecule is CNCCC(Oc1ccc(Br)cc1)c1cscn1.O=C(O)/C=C\C(=O)O. The van der Waals surface area contributed by atoms with Gasteiger partial charge in [-0.25, -0.2) is 14.6 Å². The van der Waals surface area contributed by atoms with E-state index in [0.29, 0.717) is 12.2 Å². The zero-order valence-corrected chi connectivity index (χ0v) is 16.4. The van der Waals surface area contributed by atoms with Crippen LogP contribution in [0.4, 0.5) is 0 Å². The molecule has 0 fully saturated rings. The Morgan fingerprint density at radius 3 is 2.35 bits per heavy atom. The maximum atomic E-state index is 9.55. The summed E-state index contributed by atoms with van der Waals surface area (Å²) in [6.45, 7) is 0.902. The van der Waals surface area contributed by atoms with Gasteiger partial charge in [-0.05, 0) is 37.9 Å². The van der Waals surface area contributed by atoms with Crippen molar-refractivity contribution in [2.45, 2.75) is 12.5 Å². The maximum Gasteiger partial charge on any atom is 0.328 e. The van der Waals surface area contributed by atoms with Crippen LogP contribution in [-0.4, -0.2) is 40.7 Å². The molecule has 0 saturated heterocycles. The highest BCUT2D eigenvalue weighted by Gasteiger charge is 2.15. The molecule has 0 radical (unpaired) electrons. The topological polar surface area (TPSA) is 109 Å². The van der Waals surface area contributed by atoms with Crippen LogP contribution in [0.3, 0.4) is 0 Å². The van der Waals surface area contributed by atoms with Crippen LogP contribution < -0.4 is 10.1 Å². The lowest BCUT2D eigenvalue weighted by Gasteiger charge is -2.17. The fourth-order valence-corrected chi connectivity index (χ4v) is 2.60. The van der Waals surface area contributed by atoms with Gasteiger partial charge in [0.1, 0.15) is 11.9 Å². The minimum atomic E-state index is -1.26. The molecule has 3 N–H and O–H groups in total. The van der Waals surface area contributed by atoms with Gasteiger partial charge < -0.3 is 20.3 Å². The first-order valence-electron chi connectivity index (χ1n) is 7.51. The Labute approximate surface area is 163 Å². The number of ether oxygens (including phenoxy) is 1. The zero-order chi connectivity index (χ0) is 19.4. The molecule has 140 valence electrons. The van der Waals surface area contributed by atoms with Crippen LogP contribution in [0.25, 0.3) is 0 Å². The van der Waals surface area contributed by atoms with Crippen LogP contribution >= 0.6 is 27.3 Å². The molecule has 7 nitrogen and oxygen atoms in total. The van der Waals surface area contributed by atoms with Gasteiger partial charge in [0.15, 0.2) is 0 Å². The lowest BCUT2D eigenvalue weighted by molar-refractivity contribution is -0.134. The van der Waals surface area contributed by atoms with Crippen molar-refractivity contribution in [2.75, 3.05) is 13.6 Å². The molecule has 0 amide bonds. The molecule has 0 bridgehead atoms. The van der Waals surface area contributed by atoms with E-state index in [1.807, 2.05) is 42.2 Å². The molecule has 0 aliphatic heterocycles. The van der Waals surface area contributed by atoms with Crippen LogP contribution in [0, 0.1) is 0 Å². The second-order valence-electron chi connectivity index (χ2n) is 4.88. The first kappa shape index (κ1) is 21.8. The Balaban J connectivity index is 0.000000359. The number of hydrogen-bond donors (Lipinski definition) is 3. The van der Waals surface area contributed by atoms with Crippen LogP contribution in [0.1, 0.15) is 18.2 Å². The van der Waals surface area contributed by atoms with Crippen LogP contribution in [0.15, 0.2) is 51.8 Å². The molecule has 0 spiro atoms. The van der Waals surface area contributed by atoms with Crippen LogP contribution in [0.2, 0.25) is 0 Å². The molecular formula is C17H19BrN2O5S. The van der Waals surface area contributed by atoms with Gasteiger partial charge in [-0.3, -0.25) is 0 Å². The van der Waals surface area contributed by atoms with E-state index in [9.17, 15) is 9.59 Å². The lowest BCUT2D eigenvalue weighted by Crippen LogP contribution is -2.16. The van der Waals surface area contributed by atoms with Crippen molar-refractivity contribution in [2.24, 2.45) is 0 Å². The number of carbonyl (C=O) groups is 2. The third-order valence-corrected chi connectivity index (χ3v) is 4.03. The molecule has 0 aliphatic rings. The van der Waals surface area contributed by atoms with Gasteiger partial charge in [-0.2, -0.15) is 0 Å². The smallest absolute Gasteiger partial charge is 0.328 e. The van der Waals surface area contributed by atoms with E-state index in [0.717, 1.165) is 28.9 Å². The number of carboxylic acids is 2. The number of nitrogens with zero attached hydrogens (tertiary/aromatic N) is 1. The monoisotopic (exact) mass is 442 g/mol. The Morgan fingerprint density at radius 2 is 1.88 bits per heavy atom. The van der Waals surface area contributed by atoms with Gasteiger partial charge in [0.2, 0.25) is 0 Å². The van der Waals surface area contributed by atoms with Crippen molar-refractivity contribution in [1.29, 1.82) is 0 Å². The number of thiazole rings is 1. The summed E-state index contributed by atoms with van der Waals surface area (Å²) in [5, 5.41) is 20.8. The Morgan fingerprint density at radius 1 is 1.27 bits per heavy atom. The predicted molar refractivity (Wildman–Crippen MR) is 103 cm³/mol. The average Bonchev–Trinajstić information content (AvgIpc) is 3.13. The molecule has 1 aromatic heterocycles. The fourth-order valence-electron chi connectivity index (χ4n) is 1.74. The largest absolute Gasteiger partial charge is 0.484 e. The lowest BCUT2D eigenvalue weighted by atomic mass is 10.2. The van der Waals surface area contributed by atoms with E-state index in [4.69, 9.17) is 14.9 Å². The minimum absolute atomic E-state index is 0.00451. The van der Waals surface area contributed by atoms with Gasteiger partial charge in [0, 0.05) is 28.4 Å². The molecule has 1 atom stereocenters. The van der Waals surface area contributed by atoms with Gasteiger partial charge in [-0.1, -0.05) is 15.9 Å². The zero-order valence-electron chi connectivity index (χ0n) is 14.0. The first-order chi connectivity index (χ1) is 12.4. The third-order valence-electron chi connectivity index (χ3n) is 2.90. The number of hydrogen-bond acceptors (Lipinski definition) is 6. The summed E-state index contributed by atoms with van der Waals surface area (Å²) >= 11 is 5.01. The minimum Gasteiger partial charge on any atom is -0.484 e. The summed E-state index contributed by atoms with van der Waals surface area (Å²) in [5.74, 6) is -1.65. The Kier molecular flexibility index (Phi) is 10.2. The second-order valence-corrected chi connectivity index (χ2v) is 6.51. The maximum absolute atomic E-state index is 9.55. The van der Waals surface area contributed by atoms with Crippen LogP contribution in [0.5, 0.6) is 5.75 Å². The van der Waals surface area contributed by atoms with E-state index in [-0.39, 0.29) is 6.10 Å². The summed E-state index contributed by atoms with van der Waals surface area (Å²) in [5.41, 5.74) is 2.84. The summed E-state index contributed by atoms with van der Waals surface area (Å²) in [6.07, 6.45) is 2.02. The van der Waals surface area contributed by atoms with Gasteiger partial charge >= 0.3 is 11.9 Å². The highest BCUT2D eigenvalue weighted by atomic mass is 79.9. The standard InChI is InChI=1S/C13H15BrN2OS.C4H4O4/c1-15-7-6-13(12-8-18-9-16-12)17-11-4-2-10(14)3-5-11;5-3(6)1-2-4(7)8/h2-5,8-9,13,15H,6-7H2,1H3;1-2H,(H,5,6)(H,7,8)/b;2-1-. The van der Waals surface area contributed by atoms with E-state index in [1.54, 1.807) is 11.3 Å². The van der Waals surface area contributed by atoms with Crippen molar-refractivity contribution in [3.63, 3.8) is 0 Å². The molecule has 9 heteroatoms. The van der Waals surface area contributed by atoms with Crippen molar-refractivity contribution < 1.29 is 24.5 Å². The fraction of sp³-hybridized carbons (Fsp3) is 0.235. The van der Waals surface area contributed by atoms with Gasteiger partial charge in [0.25, 0.3) is 0 Å². The first-order valence-corrected chi connectivity index (χ1v) is 9.24. The summed E-state index contributed by atoms with van der Waals surface area (Å²) in [7, 11) is 1.94. The molecule has 26 heavy (non-hydrogen) atoms. The molecule has 0 saturated carbocycles. The third kappa shape index (κ3) is 9.30. The quantitative estimate of drug-likeness (QED) is 0.537. The summed E-state index contributed by atoms with van der Waals surface area (Å²) in [6, 6.07) is 7.88. The molecule has 2 aromatic rings. The molecular weight excluding hydrogens is 424 g/mol. The van der Waals surface area contributed by atoms with Crippen LogP contribution in [-0.2, 0) is 9.59 Å². The van der Waals surface area contributed by atoms with E-state index < -0.39 is 11.9 Å². The molecule has 1 heterocycles. The number of benzene rings is 1. The molecule has 0 aliphatic carbocycles. The number of nitrogens with one attached hydrogen (secondary N) is 1. The number of aromatic nitrogens is 1. The molecule has 1 unspecified atom stereocenters. The Hall–Kier alpha value is -2.23. The normalized spacial score (nSPS) is 11.5. The number of halogens is 1. The van der Waals surface area contributed by atoms with E-state index in [1.165, 1.54) is 0 Å². The van der Waals surface area contributed by atoms with Crippen molar-refractivity contribution in [3.05, 3.63) is 57.5 Å².